The molecule has 0 aromatic heterocycles. The van der Waals surface area contributed by atoms with E-state index in [0.29, 0.717) is 13.0 Å². The van der Waals surface area contributed by atoms with Gasteiger partial charge in [-0.3, -0.25) is 4.79 Å². The van der Waals surface area contributed by atoms with Crippen LogP contribution >= 0.6 is 0 Å². The monoisotopic (exact) mass is 1050 g/mol. The molecule has 74 heavy (non-hydrogen) atoms. The molecule has 11 atom stereocenters. The molecule has 2 aliphatic heterocycles. The van der Waals surface area contributed by atoms with Gasteiger partial charge < -0.3 is 64.2 Å². The van der Waals surface area contributed by atoms with Gasteiger partial charge in [0.2, 0.25) is 0 Å². The van der Waals surface area contributed by atoms with Crippen LogP contribution in [-0.2, 0) is 33.2 Å². The summed E-state index contributed by atoms with van der Waals surface area (Å²) in [6, 6.07) is 0. The van der Waals surface area contributed by atoms with Crippen LogP contribution in [0.2, 0.25) is 0 Å². The summed E-state index contributed by atoms with van der Waals surface area (Å²) in [5.41, 5.74) is 0. The molecule has 7 N–H and O–H groups in total. The summed E-state index contributed by atoms with van der Waals surface area (Å²) >= 11 is 0. The van der Waals surface area contributed by atoms with E-state index in [9.17, 15) is 40.5 Å². The van der Waals surface area contributed by atoms with Crippen LogP contribution in [0.3, 0.4) is 0 Å². The molecule has 2 fully saturated rings. The number of rotatable bonds is 49. The first kappa shape index (κ1) is 68.3. The van der Waals surface area contributed by atoms with Gasteiger partial charge in [0.05, 0.1) is 26.4 Å². The molecule has 14 nitrogen and oxygen atoms in total. The highest BCUT2D eigenvalue weighted by atomic mass is 16.7. The van der Waals surface area contributed by atoms with E-state index in [1.165, 1.54) is 154 Å². The lowest BCUT2D eigenvalue weighted by Gasteiger charge is -2.42. The number of aliphatic hydroxyl groups is 7. The van der Waals surface area contributed by atoms with Crippen LogP contribution in [-0.4, -0.2) is 142 Å². The van der Waals surface area contributed by atoms with Crippen LogP contribution in [0.25, 0.3) is 0 Å². The first-order valence-electron chi connectivity index (χ1n) is 30.1. The number of esters is 1. The Bertz CT molecular complexity index is 1360. The quantitative estimate of drug-likeness (QED) is 0.0172. The van der Waals surface area contributed by atoms with Gasteiger partial charge in [0.1, 0.15) is 54.9 Å². The molecule has 2 aliphatic rings. The number of allylic oxidation sites excluding steroid dienone is 6. The molecule has 14 heteroatoms. The maximum atomic E-state index is 13.1. The van der Waals surface area contributed by atoms with Crippen molar-refractivity contribution < 1.29 is 69.0 Å². The van der Waals surface area contributed by atoms with Crippen molar-refractivity contribution in [3.63, 3.8) is 0 Å². The topological polar surface area (TPSA) is 214 Å². The Morgan fingerprint density at radius 2 is 0.838 bits per heavy atom. The molecule has 11 unspecified atom stereocenters. The molecule has 0 aromatic rings. The third kappa shape index (κ3) is 33.5. The molecule has 0 aliphatic carbocycles. The van der Waals surface area contributed by atoms with Gasteiger partial charge in [-0.2, -0.15) is 0 Å². The molecule has 0 radical (unpaired) electrons. The molecule has 2 rings (SSSR count). The average molecular weight is 1060 g/mol. The molecule has 2 heterocycles. The molecule has 0 saturated carbocycles. The van der Waals surface area contributed by atoms with Crippen molar-refractivity contribution in [1.82, 2.24) is 0 Å². The highest BCUT2D eigenvalue weighted by molar-refractivity contribution is 5.69. The molecular formula is C60H110O14. The summed E-state index contributed by atoms with van der Waals surface area (Å²) in [6.07, 6.45) is 39.2. The minimum atomic E-state index is -1.71. The fourth-order valence-electron chi connectivity index (χ4n) is 9.49. The number of ether oxygens (including phenoxy) is 6. The number of carbonyl (C=O) groups excluding carboxylic acids is 1. The molecule has 434 valence electrons. The Balaban J connectivity index is 1.70. The van der Waals surface area contributed by atoms with E-state index >= 15 is 0 Å². The molecule has 0 spiro atoms. The van der Waals surface area contributed by atoms with Crippen molar-refractivity contribution in [3.8, 4) is 0 Å². The van der Waals surface area contributed by atoms with Gasteiger partial charge in [-0.25, -0.2) is 0 Å². The van der Waals surface area contributed by atoms with Crippen LogP contribution in [0, 0.1) is 0 Å². The minimum absolute atomic E-state index is 0.0558. The Labute approximate surface area is 449 Å². The second-order valence-corrected chi connectivity index (χ2v) is 21.2. The number of aliphatic hydroxyl groups excluding tert-OH is 7. The standard InChI is InChI=1S/C60H110O14/c1-3-5-7-9-11-13-15-17-19-21-22-23-24-25-26-27-29-31-33-35-37-39-41-43-52(62)72-49(46-69-44-42-40-38-36-34-32-30-28-20-18-16-14-12-10-8-6-4-2)47-70-59-58(68)56(66)54(64)51(74-59)48-71-60-57(67)55(65)53(63)50(45-61)73-60/h14,16,20-22,28,49-51,53-61,63-68H,3-13,15,17-19,23-27,29-48H2,1-2H3/b16-14-,22-21-,28-20-. The summed E-state index contributed by atoms with van der Waals surface area (Å²) < 4.78 is 34.4. The van der Waals surface area contributed by atoms with Crippen LogP contribution in [0.4, 0.5) is 0 Å². The number of hydrogen-bond donors (Lipinski definition) is 7. The lowest BCUT2D eigenvalue weighted by molar-refractivity contribution is -0.332. The zero-order valence-corrected chi connectivity index (χ0v) is 46.6. The fraction of sp³-hybridized carbons (Fsp3) is 0.883. The molecule has 0 amide bonds. The molecular weight excluding hydrogens is 945 g/mol. The van der Waals surface area contributed by atoms with Crippen molar-refractivity contribution in [2.24, 2.45) is 0 Å². The average Bonchev–Trinajstić information content (AvgIpc) is 3.40. The summed E-state index contributed by atoms with van der Waals surface area (Å²) in [5.74, 6) is -0.378. The maximum Gasteiger partial charge on any atom is 0.306 e. The normalized spacial score (nSPS) is 25.0. The van der Waals surface area contributed by atoms with Crippen LogP contribution < -0.4 is 0 Å². The Morgan fingerprint density at radius 1 is 0.446 bits per heavy atom. The van der Waals surface area contributed by atoms with Crippen molar-refractivity contribution in [1.29, 1.82) is 0 Å². The van der Waals surface area contributed by atoms with Gasteiger partial charge in [-0.15, -0.1) is 0 Å². The fourth-order valence-corrected chi connectivity index (χ4v) is 9.49. The second kappa shape index (κ2) is 47.2. The van der Waals surface area contributed by atoms with E-state index in [0.717, 1.165) is 57.8 Å². The van der Waals surface area contributed by atoms with Gasteiger partial charge in [0.15, 0.2) is 12.6 Å². The van der Waals surface area contributed by atoms with Crippen LogP contribution in [0.5, 0.6) is 0 Å². The van der Waals surface area contributed by atoms with Crippen LogP contribution in [0.1, 0.15) is 239 Å². The summed E-state index contributed by atoms with van der Waals surface area (Å²) in [6.45, 7) is 3.68. The summed E-state index contributed by atoms with van der Waals surface area (Å²) in [5, 5.41) is 72.4. The van der Waals surface area contributed by atoms with Gasteiger partial charge in [0, 0.05) is 13.0 Å². The summed E-state index contributed by atoms with van der Waals surface area (Å²) in [7, 11) is 0. The van der Waals surface area contributed by atoms with Crippen LogP contribution in [0.15, 0.2) is 36.5 Å². The number of hydrogen-bond acceptors (Lipinski definition) is 14. The van der Waals surface area contributed by atoms with Crippen molar-refractivity contribution in [2.75, 3.05) is 33.0 Å². The van der Waals surface area contributed by atoms with Gasteiger partial charge in [-0.05, 0) is 70.6 Å². The zero-order chi connectivity index (χ0) is 53.7. The Hall–Kier alpha value is -1.79. The Kier molecular flexibility index (Phi) is 43.6. The van der Waals surface area contributed by atoms with E-state index < -0.39 is 80.7 Å². The lowest BCUT2D eigenvalue weighted by atomic mass is 9.98. The van der Waals surface area contributed by atoms with E-state index in [4.69, 9.17) is 28.4 Å². The first-order chi connectivity index (χ1) is 36.1. The first-order valence-corrected chi connectivity index (χ1v) is 30.1. The maximum absolute atomic E-state index is 13.1. The van der Waals surface area contributed by atoms with Gasteiger partial charge >= 0.3 is 5.97 Å². The highest BCUT2D eigenvalue weighted by Gasteiger charge is 2.47. The van der Waals surface area contributed by atoms with Crippen molar-refractivity contribution in [3.05, 3.63) is 36.5 Å². The predicted octanol–water partition coefficient (Wildman–Crippen LogP) is 10.9. The van der Waals surface area contributed by atoms with Gasteiger partial charge in [0.25, 0.3) is 0 Å². The Morgan fingerprint density at radius 3 is 1.32 bits per heavy atom. The second-order valence-electron chi connectivity index (χ2n) is 21.2. The molecule has 0 bridgehead atoms. The number of unbranched alkanes of at least 4 members (excludes halogenated alkanes) is 29. The van der Waals surface area contributed by atoms with E-state index in [1.807, 2.05) is 0 Å². The minimum Gasteiger partial charge on any atom is -0.457 e. The smallest absolute Gasteiger partial charge is 0.306 e. The number of carbonyl (C=O) groups is 1. The van der Waals surface area contributed by atoms with E-state index in [2.05, 4.69) is 50.3 Å². The van der Waals surface area contributed by atoms with E-state index in [1.54, 1.807) is 0 Å². The third-order valence-corrected chi connectivity index (χ3v) is 14.4. The summed E-state index contributed by atoms with van der Waals surface area (Å²) in [4.78, 5) is 13.1. The lowest BCUT2D eigenvalue weighted by Crippen LogP contribution is -2.61. The SMILES string of the molecule is CCCCCC/C=C\C/C=C\CCCCCCCCOCC(COC1OC(COC2OC(CO)C(O)C(O)C2O)C(O)C(O)C1O)OC(=O)CCCCCCCCCCCCC/C=C\CCCCCCCCCC. The van der Waals surface area contributed by atoms with E-state index in [-0.39, 0.29) is 25.6 Å². The molecule has 0 aromatic carbocycles. The largest absolute Gasteiger partial charge is 0.457 e. The zero-order valence-electron chi connectivity index (χ0n) is 46.6. The highest BCUT2D eigenvalue weighted by Crippen LogP contribution is 2.27. The predicted molar refractivity (Wildman–Crippen MR) is 293 cm³/mol. The van der Waals surface area contributed by atoms with Gasteiger partial charge in [-0.1, -0.05) is 198 Å². The van der Waals surface area contributed by atoms with Crippen molar-refractivity contribution >= 4 is 5.97 Å². The third-order valence-electron chi connectivity index (χ3n) is 14.4. The van der Waals surface area contributed by atoms with Crippen molar-refractivity contribution in [2.45, 2.75) is 306 Å². The molecule has 2 saturated heterocycles.